The molecule has 0 radical (unpaired) electrons. The molecule has 2 heterocycles. The lowest BCUT2D eigenvalue weighted by Gasteiger charge is -2.42. The van der Waals surface area contributed by atoms with Gasteiger partial charge in [0.2, 0.25) is 0 Å². The van der Waals surface area contributed by atoms with E-state index in [-0.39, 0.29) is 5.82 Å². The average molecular weight is 262 g/mol. The van der Waals surface area contributed by atoms with Crippen molar-refractivity contribution in [3.63, 3.8) is 0 Å². The van der Waals surface area contributed by atoms with Crippen molar-refractivity contribution in [3.8, 4) is 0 Å². The summed E-state index contributed by atoms with van der Waals surface area (Å²) in [5.41, 5.74) is 1.11. The fourth-order valence-corrected chi connectivity index (χ4v) is 4.02. The Labute approximate surface area is 115 Å². The van der Waals surface area contributed by atoms with E-state index in [1.807, 2.05) is 6.07 Å². The zero-order valence-corrected chi connectivity index (χ0v) is 11.8. The topological polar surface area (TPSA) is 15.3 Å². The van der Waals surface area contributed by atoms with E-state index in [1.165, 1.54) is 31.7 Å². The first-order valence-electron chi connectivity index (χ1n) is 7.39. The van der Waals surface area contributed by atoms with Crippen LogP contribution in [0.3, 0.4) is 0 Å². The summed E-state index contributed by atoms with van der Waals surface area (Å²) in [6, 6.07) is 9.40. The fourth-order valence-electron chi connectivity index (χ4n) is 4.02. The maximum Gasteiger partial charge on any atom is 0.123 e. The van der Waals surface area contributed by atoms with Crippen molar-refractivity contribution in [1.82, 2.24) is 10.2 Å². The number of hydrogen-bond donors (Lipinski definition) is 1. The Morgan fingerprint density at radius 1 is 1.26 bits per heavy atom. The Balaban J connectivity index is 1.80. The summed E-state index contributed by atoms with van der Waals surface area (Å²) in [5, 5.41) is 3.43. The Kier molecular flexibility index (Phi) is 3.59. The summed E-state index contributed by atoms with van der Waals surface area (Å²) in [7, 11) is 2.07. The number of piperidine rings is 1. The Hall–Kier alpha value is -0.930. The second kappa shape index (κ2) is 5.22. The molecular weight excluding hydrogens is 239 g/mol. The molecule has 19 heavy (non-hydrogen) atoms. The SMILES string of the molecule is CNC1CC2CCC(C1)N2C(C)c1cccc(F)c1. The molecule has 2 aliphatic rings. The second-order valence-corrected chi connectivity index (χ2v) is 6.02. The van der Waals surface area contributed by atoms with Crippen molar-refractivity contribution in [2.45, 2.75) is 56.8 Å². The van der Waals surface area contributed by atoms with Crippen LogP contribution in [-0.2, 0) is 0 Å². The molecule has 3 atom stereocenters. The van der Waals surface area contributed by atoms with Crippen molar-refractivity contribution in [1.29, 1.82) is 0 Å². The van der Waals surface area contributed by atoms with Gasteiger partial charge in [-0.3, -0.25) is 4.90 Å². The van der Waals surface area contributed by atoms with E-state index in [0.29, 0.717) is 24.2 Å². The zero-order valence-electron chi connectivity index (χ0n) is 11.8. The highest BCUT2D eigenvalue weighted by atomic mass is 19.1. The lowest BCUT2D eigenvalue weighted by molar-refractivity contribution is 0.0787. The van der Waals surface area contributed by atoms with Gasteiger partial charge in [-0.05, 0) is 57.4 Å². The molecule has 0 aromatic heterocycles. The van der Waals surface area contributed by atoms with E-state index < -0.39 is 0 Å². The van der Waals surface area contributed by atoms with E-state index in [0.717, 1.165) is 5.56 Å². The van der Waals surface area contributed by atoms with Gasteiger partial charge in [0.05, 0.1) is 0 Å². The quantitative estimate of drug-likeness (QED) is 0.900. The van der Waals surface area contributed by atoms with E-state index in [2.05, 4.69) is 30.3 Å². The van der Waals surface area contributed by atoms with Crippen LogP contribution in [-0.4, -0.2) is 30.1 Å². The minimum Gasteiger partial charge on any atom is -0.317 e. The molecule has 0 saturated carbocycles. The fraction of sp³-hybridized carbons (Fsp3) is 0.625. The monoisotopic (exact) mass is 262 g/mol. The number of nitrogens with one attached hydrogen (secondary N) is 1. The maximum atomic E-state index is 13.4. The minimum atomic E-state index is -0.123. The van der Waals surface area contributed by atoms with Gasteiger partial charge in [0.1, 0.15) is 5.82 Å². The first-order valence-corrected chi connectivity index (χ1v) is 7.39. The van der Waals surface area contributed by atoms with Crippen molar-refractivity contribution >= 4 is 0 Å². The number of rotatable bonds is 3. The molecule has 1 N–H and O–H groups in total. The van der Waals surface area contributed by atoms with Gasteiger partial charge in [-0.15, -0.1) is 0 Å². The Morgan fingerprint density at radius 3 is 2.53 bits per heavy atom. The molecule has 2 saturated heterocycles. The lowest BCUT2D eigenvalue weighted by Crippen LogP contribution is -2.49. The predicted molar refractivity (Wildman–Crippen MR) is 75.5 cm³/mol. The zero-order chi connectivity index (χ0) is 13.4. The number of halogens is 1. The van der Waals surface area contributed by atoms with Crippen LogP contribution in [0.15, 0.2) is 24.3 Å². The third kappa shape index (κ3) is 2.41. The molecule has 1 aromatic carbocycles. The van der Waals surface area contributed by atoms with Gasteiger partial charge in [-0.25, -0.2) is 4.39 Å². The standard InChI is InChI=1S/C16H23FN2/c1-11(12-4-3-5-13(17)8-12)19-15-6-7-16(19)10-14(9-15)18-2/h3-5,8,11,14-16,18H,6-7,9-10H2,1-2H3. The molecule has 3 unspecified atom stereocenters. The maximum absolute atomic E-state index is 13.4. The van der Waals surface area contributed by atoms with E-state index in [1.54, 1.807) is 6.07 Å². The minimum absolute atomic E-state index is 0.123. The summed E-state index contributed by atoms with van der Waals surface area (Å²) in [6.07, 6.45) is 5.05. The normalized spacial score (nSPS) is 32.5. The van der Waals surface area contributed by atoms with Crippen LogP contribution in [0.25, 0.3) is 0 Å². The van der Waals surface area contributed by atoms with Crippen molar-refractivity contribution in [3.05, 3.63) is 35.6 Å². The van der Waals surface area contributed by atoms with E-state index in [4.69, 9.17) is 0 Å². The number of hydrogen-bond acceptors (Lipinski definition) is 2. The summed E-state index contributed by atoms with van der Waals surface area (Å²) in [5.74, 6) is -0.123. The summed E-state index contributed by atoms with van der Waals surface area (Å²) in [4.78, 5) is 2.63. The van der Waals surface area contributed by atoms with Crippen LogP contribution in [0.2, 0.25) is 0 Å². The number of fused-ring (bicyclic) bond motifs is 2. The lowest BCUT2D eigenvalue weighted by atomic mass is 9.94. The predicted octanol–water partition coefficient (Wildman–Crippen LogP) is 3.10. The highest BCUT2D eigenvalue weighted by Crippen LogP contribution is 2.41. The van der Waals surface area contributed by atoms with Gasteiger partial charge >= 0.3 is 0 Å². The molecule has 0 spiro atoms. The van der Waals surface area contributed by atoms with Gasteiger partial charge in [0.25, 0.3) is 0 Å². The Bertz CT molecular complexity index is 434. The molecule has 3 rings (SSSR count). The van der Waals surface area contributed by atoms with Crippen LogP contribution in [0.4, 0.5) is 4.39 Å². The molecule has 3 heteroatoms. The third-order valence-corrected chi connectivity index (χ3v) is 4.98. The first-order chi connectivity index (χ1) is 9.19. The molecular formula is C16H23FN2. The van der Waals surface area contributed by atoms with Gasteiger partial charge < -0.3 is 5.32 Å². The third-order valence-electron chi connectivity index (χ3n) is 4.98. The molecule has 0 aliphatic carbocycles. The van der Waals surface area contributed by atoms with Gasteiger partial charge in [-0.1, -0.05) is 12.1 Å². The average Bonchev–Trinajstić information content (AvgIpc) is 2.68. The molecule has 2 bridgehead atoms. The first kappa shape index (κ1) is 13.1. The molecule has 2 nitrogen and oxygen atoms in total. The number of benzene rings is 1. The molecule has 104 valence electrons. The highest BCUT2D eigenvalue weighted by Gasteiger charge is 2.42. The summed E-state index contributed by atoms with van der Waals surface area (Å²) >= 11 is 0. The van der Waals surface area contributed by atoms with Crippen molar-refractivity contribution in [2.75, 3.05) is 7.05 Å². The van der Waals surface area contributed by atoms with Gasteiger partial charge in [-0.2, -0.15) is 0 Å². The van der Waals surface area contributed by atoms with Crippen molar-refractivity contribution in [2.24, 2.45) is 0 Å². The van der Waals surface area contributed by atoms with Crippen molar-refractivity contribution < 1.29 is 4.39 Å². The molecule has 2 fully saturated rings. The van der Waals surface area contributed by atoms with Crippen LogP contribution >= 0.6 is 0 Å². The largest absolute Gasteiger partial charge is 0.317 e. The summed E-state index contributed by atoms with van der Waals surface area (Å²) in [6.45, 7) is 2.22. The van der Waals surface area contributed by atoms with Crippen LogP contribution < -0.4 is 5.32 Å². The van der Waals surface area contributed by atoms with Crippen LogP contribution in [0, 0.1) is 5.82 Å². The Morgan fingerprint density at radius 2 is 1.95 bits per heavy atom. The molecule has 0 amide bonds. The summed E-state index contributed by atoms with van der Waals surface area (Å²) < 4.78 is 13.4. The van der Waals surface area contributed by atoms with E-state index in [9.17, 15) is 4.39 Å². The van der Waals surface area contributed by atoms with Crippen LogP contribution in [0.1, 0.15) is 44.2 Å². The smallest absolute Gasteiger partial charge is 0.123 e. The van der Waals surface area contributed by atoms with Gasteiger partial charge in [0.15, 0.2) is 0 Å². The highest BCUT2D eigenvalue weighted by molar-refractivity contribution is 5.21. The number of nitrogens with zero attached hydrogens (tertiary/aromatic N) is 1. The molecule has 2 aliphatic heterocycles. The molecule has 1 aromatic rings. The van der Waals surface area contributed by atoms with Gasteiger partial charge in [0, 0.05) is 24.2 Å². The van der Waals surface area contributed by atoms with E-state index >= 15 is 0 Å². The second-order valence-electron chi connectivity index (χ2n) is 6.02. The van der Waals surface area contributed by atoms with Crippen LogP contribution in [0.5, 0.6) is 0 Å².